The predicted molar refractivity (Wildman–Crippen MR) is 62.3 cm³/mol. The molecule has 3 aliphatic rings. The SMILES string of the molecule is C1=C[C@H]2C[C@@H]1[C@@H]1OB(c3ccccc3)O[C@@H]12. The number of fused-ring (bicyclic) bond motifs is 5. The molecule has 3 heteroatoms. The van der Waals surface area contributed by atoms with Gasteiger partial charge in [0.05, 0.1) is 12.2 Å². The Morgan fingerprint density at radius 3 is 2.19 bits per heavy atom. The van der Waals surface area contributed by atoms with Gasteiger partial charge in [0, 0.05) is 11.8 Å². The van der Waals surface area contributed by atoms with Crippen molar-refractivity contribution in [3.05, 3.63) is 42.5 Å². The van der Waals surface area contributed by atoms with Crippen molar-refractivity contribution in [2.75, 3.05) is 0 Å². The molecule has 0 amide bonds. The van der Waals surface area contributed by atoms with E-state index < -0.39 is 0 Å². The van der Waals surface area contributed by atoms with Crippen LogP contribution in [0.5, 0.6) is 0 Å². The second kappa shape index (κ2) is 3.22. The van der Waals surface area contributed by atoms with E-state index in [2.05, 4.69) is 24.3 Å². The van der Waals surface area contributed by atoms with Crippen molar-refractivity contribution in [1.29, 1.82) is 0 Å². The fourth-order valence-corrected chi connectivity index (χ4v) is 3.17. The fourth-order valence-electron chi connectivity index (χ4n) is 3.17. The lowest BCUT2D eigenvalue weighted by atomic mass is 9.79. The van der Waals surface area contributed by atoms with Gasteiger partial charge in [-0.25, -0.2) is 0 Å². The smallest absolute Gasteiger partial charge is 0.401 e. The molecule has 2 nitrogen and oxygen atoms in total. The minimum atomic E-state index is -0.151. The zero-order chi connectivity index (χ0) is 10.5. The zero-order valence-electron chi connectivity index (χ0n) is 8.95. The average molecular weight is 212 g/mol. The lowest BCUT2D eigenvalue weighted by Gasteiger charge is -2.17. The molecule has 1 saturated heterocycles. The van der Waals surface area contributed by atoms with Crippen molar-refractivity contribution in [3.8, 4) is 0 Å². The Bertz CT molecular complexity index is 411. The third-order valence-electron chi connectivity index (χ3n) is 3.95. The molecular weight excluding hydrogens is 199 g/mol. The molecule has 2 fully saturated rings. The molecule has 0 N–H and O–H groups in total. The highest BCUT2D eigenvalue weighted by atomic mass is 16.7. The highest BCUT2D eigenvalue weighted by Crippen LogP contribution is 2.45. The van der Waals surface area contributed by atoms with Crippen LogP contribution in [-0.4, -0.2) is 19.3 Å². The van der Waals surface area contributed by atoms with Gasteiger partial charge in [-0.05, 0) is 11.9 Å². The van der Waals surface area contributed by atoms with E-state index in [-0.39, 0.29) is 7.12 Å². The van der Waals surface area contributed by atoms with Crippen molar-refractivity contribution in [2.45, 2.75) is 18.6 Å². The highest BCUT2D eigenvalue weighted by Gasteiger charge is 2.53. The highest BCUT2D eigenvalue weighted by molar-refractivity contribution is 6.61. The van der Waals surface area contributed by atoms with Crippen molar-refractivity contribution in [3.63, 3.8) is 0 Å². The molecule has 4 atom stereocenters. The van der Waals surface area contributed by atoms with Gasteiger partial charge >= 0.3 is 7.12 Å². The molecule has 1 aromatic carbocycles. The van der Waals surface area contributed by atoms with Gasteiger partial charge in [0.25, 0.3) is 0 Å². The summed E-state index contributed by atoms with van der Waals surface area (Å²) in [5, 5.41) is 0. The first-order valence-electron chi connectivity index (χ1n) is 5.96. The molecule has 2 aliphatic carbocycles. The maximum Gasteiger partial charge on any atom is 0.494 e. The maximum absolute atomic E-state index is 6.03. The van der Waals surface area contributed by atoms with Gasteiger partial charge in [-0.3, -0.25) is 0 Å². The monoisotopic (exact) mass is 212 g/mol. The molecule has 2 bridgehead atoms. The molecule has 16 heavy (non-hydrogen) atoms. The second-order valence-corrected chi connectivity index (χ2v) is 4.89. The minimum absolute atomic E-state index is 0.151. The topological polar surface area (TPSA) is 18.5 Å². The largest absolute Gasteiger partial charge is 0.494 e. The van der Waals surface area contributed by atoms with Gasteiger partial charge in [-0.15, -0.1) is 0 Å². The summed E-state index contributed by atoms with van der Waals surface area (Å²) in [6.45, 7) is 0. The molecule has 0 unspecified atom stereocenters. The first-order chi connectivity index (χ1) is 7.92. The van der Waals surface area contributed by atoms with E-state index in [0.717, 1.165) is 5.46 Å². The first kappa shape index (κ1) is 9.02. The standard InChI is InChI=1S/C13H13BO2/c1-2-4-11(5-3-1)14-15-12-9-6-7-10(8-9)13(12)16-14/h1-7,9-10,12-13H,8H2/t9-,10+,12+,13-. The Kier molecular flexibility index (Phi) is 1.82. The van der Waals surface area contributed by atoms with Crippen molar-refractivity contribution < 1.29 is 9.31 Å². The molecule has 1 aliphatic heterocycles. The van der Waals surface area contributed by atoms with Crippen LogP contribution in [0.2, 0.25) is 0 Å². The van der Waals surface area contributed by atoms with Crippen LogP contribution in [0.4, 0.5) is 0 Å². The average Bonchev–Trinajstić information content (AvgIpc) is 3.02. The van der Waals surface area contributed by atoms with Crippen molar-refractivity contribution in [2.24, 2.45) is 11.8 Å². The molecule has 0 radical (unpaired) electrons. The number of hydrogen-bond donors (Lipinski definition) is 0. The van der Waals surface area contributed by atoms with Crippen LogP contribution in [-0.2, 0) is 9.31 Å². The van der Waals surface area contributed by atoms with E-state index >= 15 is 0 Å². The molecule has 0 aromatic heterocycles. The maximum atomic E-state index is 6.03. The lowest BCUT2D eigenvalue weighted by Crippen LogP contribution is -2.33. The molecule has 4 rings (SSSR count). The summed E-state index contributed by atoms with van der Waals surface area (Å²) in [7, 11) is -0.151. The van der Waals surface area contributed by atoms with Crippen molar-refractivity contribution >= 4 is 12.6 Å². The van der Waals surface area contributed by atoms with Crippen LogP contribution in [0.3, 0.4) is 0 Å². The lowest BCUT2D eigenvalue weighted by molar-refractivity contribution is 0.145. The zero-order valence-corrected chi connectivity index (χ0v) is 8.95. The van der Waals surface area contributed by atoms with Crippen LogP contribution in [0.1, 0.15) is 6.42 Å². The predicted octanol–water partition coefficient (Wildman–Crippen LogP) is 1.37. The Balaban J connectivity index is 1.60. The quantitative estimate of drug-likeness (QED) is 0.517. The minimum Gasteiger partial charge on any atom is -0.401 e. The van der Waals surface area contributed by atoms with Gasteiger partial charge in [0.1, 0.15) is 0 Å². The van der Waals surface area contributed by atoms with Crippen LogP contribution in [0, 0.1) is 11.8 Å². The molecule has 0 spiro atoms. The van der Waals surface area contributed by atoms with Crippen LogP contribution >= 0.6 is 0 Å². The molecule has 80 valence electrons. The van der Waals surface area contributed by atoms with Gasteiger partial charge < -0.3 is 9.31 Å². The summed E-state index contributed by atoms with van der Waals surface area (Å²) in [5.41, 5.74) is 1.14. The molecule has 1 heterocycles. The molecular formula is C13H13BO2. The van der Waals surface area contributed by atoms with E-state index in [1.54, 1.807) is 0 Å². The molecule has 1 aromatic rings. The van der Waals surface area contributed by atoms with Gasteiger partial charge in [0.2, 0.25) is 0 Å². The second-order valence-electron chi connectivity index (χ2n) is 4.89. The Hall–Kier alpha value is -1.06. The molecule has 1 saturated carbocycles. The van der Waals surface area contributed by atoms with E-state index in [1.165, 1.54) is 6.42 Å². The summed E-state index contributed by atoms with van der Waals surface area (Å²) in [6, 6.07) is 10.2. The van der Waals surface area contributed by atoms with Crippen LogP contribution < -0.4 is 5.46 Å². The fraction of sp³-hybridized carbons (Fsp3) is 0.385. The number of hydrogen-bond acceptors (Lipinski definition) is 2. The number of benzene rings is 1. The Morgan fingerprint density at radius 2 is 1.56 bits per heavy atom. The summed E-state index contributed by atoms with van der Waals surface area (Å²) in [5.74, 6) is 1.17. The van der Waals surface area contributed by atoms with Crippen LogP contribution in [0.15, 0.2) is 42.5 Å². The van der Waals surface area contributed by atoms with E-state index in [4.69, 9.17) is 9.31 Å². The Morgan fingerprint density at radius 1 is 0.938 bits per heavy atom. The van der Waals surface area contributed by atoms with Crippen molar-refractivity contribution in [1.82, 2.24) is 0 Å². The Labute approximate surface area is 95.4 Å². The van der Waals surface area contributed by atoms with Crippen LogP contribution in [0.25, 0.3) is 0 Å². The summed E-state index contributed by atoms with van der Waals surface area (Å²) in [6.07, 6.45) is 6.39. The van der Waals surface area contributed by atoms with Gasteiger partial charge in [-0.1, -0.05) is 42.5 Å². The summed E-state index contributed by atoms with van der Waals surface area (Å²) < 4.78 is 12.1. The van der Waals surface area contributed by atoms with Gasteiger partial charge in [0.15, 0.2) is 0 Å². The normalized spacial score (nSPS) is 39.4. The van der Waals surface area contributed by atoms with E-state index in [1.807, 2.05) is 18.2 Å². The van der Waals surface area contributed by atoms with E-state index in [9.17, 15) is 0 Å². The number of rotatable bonds is 1. The third-order valence-corrected chi connectivity index (χ3v) is 3.95. The van der Waals surface area contributed by atoms with E-state index in [0.29, 0.717) is 24.0 Å². The first-order valence-corrected chi connectivity index (χ1v) is 5.96. The summed E-state index contributed by atoms with van der Waals surface area (Å²) in [4.78, 5) is 0. The van der Waals surface area contributed by atoms with Gasteiger partial charge in [-0.2, -0.15) is 0 Å². The summed E-state index contributed by atoms with van der Waals surface area (Å²) >= 11 is 0. The third kappa shape index (κ3) is 1.16.